The Balaban J connectivity index is 2.42. The molecule has 0 aliphatic heterocycles. The molecule has 0 amide bonds. The molecule has 0 bridgehead atoms. The summed E-state index contributed by atoms with van der Waals surface area (Å²) in [7, 11) is 0. The van der Waals surface area contributed by atoms with Crippen LogP contribution >= 0.6 is 0 Å². The van der Waals surface area contributed by atoms with Gasteiger partial charge in [-0.05, 0) is 43.9 Å². The van der Waals surface area contributed by atoms with Gasteiger partial charge in [0.2, 0.25) is 5.88 Å². The fourth-order valence-electron chi connectivity index (χ4n) is 1.91. The van der Waals surface area contributed by atoms with Gasteiger partial charge in [-0.3, -0.25) is 0 Å². The molecular weight excluding hydrogens is 250 g/mol. The lowest BCUT2D eigenvalue weighted by atomic mass is 10.0. The molecule has 0 spiro atoms. The van der Waals surface area contributed by atoms with Crippen LogP contribution in [0.2, 0.25) is 0 Å². The van der Waals surface area contributed by atoms with Crippen LogP contribution < -0.4 is 10.5 Å². The Morgan fingerprint density at radius 3 is 2.45 bits per heavy atom. The zero-order chi connectivity index (χ0) is 14.9. The molecular formula is C16H21N3O. The van der Waals surface area contributed by atoms with Crippen LogP contribution in [0.25, 0.3) is 0 Å². The summed E-state index contributed by atoms with van der Waals surface area (Å²) in [5.74, 6) is 2.87. The normalized spacial score (nSPS) is 10.9. The first-order chi connectivity index (χ1) is 9.38. The summed E-state index contributed by atoms with van der Waals surface area (Å²) in [4.78, 5) is 8.46. The van der Waals surface area contributed by atoms with Gasteiger partial charge in [-0.25, -0.2) is 4.98 Å². The SMILES string of the molecule is Cc1nc(N)c(C)c(Oc2cc(C(C)C)ccc2C)n1. The van der Waals surface area contributed by atoms with E-state index in [9.17, 15) is 0 Å². The summed E-state index contributed by atoms with van der Waals surface area (Å²) < 4.78 is 5.96. The quantitative estimate of drug-likeness (QED) is 0.919. The summed E-state index contributed by atoms with van der Waals surface area (Å²) in [6.45, 7) is 10.0. The molecule has 0 aliphatic rings. The Morgan fingerprint density at radius 2 is 1.80 bits per heavy atom. The van der Waals surface area contributed by atoms with E-state index >= 15 is 0 Å². The van der Waals surface area contributed by atoms with Gasteiger partial charge in [0.05, 0.1) is 5.56 Å². The zero-order valence-corrected chi connectivity index (χ0v) is 12.7. The molecule has 0 radical (unpaired) electrons. The van der Waals surface area contributed by atoms with E-state index in [-0.39, 0.29) is 0 Å². The minimum Gasteiger partial charge on any atom is -0.438 e. The van der Waals surface area contributed by atoms with Crippen LogP contribution in [0.1, 0.15) is 42.3 Å². The molecule has 4 nitrogen and oxygen atoms in total. The smallest absolute Gasteiger partial charge is 0.227 e. The number of aromatic nitrogens is 2. The van der Waals surface area contributed by atoms with Crippen LogP contribution in [0.15, 0.2) is 18.2 Å². The van der Waals surface area contributed by atoms with Gasteiger partial charge in [-0.1, -0.05) is 26.0 Å². The Morgan fingerprint density at radius 1 is 1.10 bits per heavy atom. The van der Waals surface area contributed by atoms with Crippen molar-refractivity contribution in [3.05, 3.63) is 40.7 Å². The zero-order valence-electron chi connectivity index (χ0n) is 12.7. The van der Waals surface area contributed by atoms with Crippen molar-refractivity contribution in [3.8, 4) is 11.6 Å². The number of rotatable bonds is 3. The van der Waals surface area contributed by atoms with Crippen molar-refractivity contribution in [2.24, 2.45) is 0 Å². The lowest BCUT2D eigenvalue weighted by molar-refractivity contribution is 0.452. The summed E-state index contributed by atoms with van der Waals surface area (Å²) in [6.07, 6.45) is 0. The van der Waals surface area contributed by atoms with Gasteiger partial charge in [0.15, 0.2) is 0 Å². The van der Waals surface area contributed by atoms with Gasteiger partial charge < -0.3 is 10.5 Å². The van der Waals surface area contributed by atoms with Crippen molar-refractivity contribution in [2.45, 2.75) is 40.5 Å². The highest BCUT2D eigenvalue weighted by molar-refractivity contribution is 5.47. The molecule has 106 valence electrons. The first-order valence-electron chi connectivity index (χ1n) is 6.77. The van der Waals surface area contributed by atoms with Crippen LogP contribution in [-0.4, -0.2) is 9.97 Å². The minimum atomic E-state index is 0.455. The third kappa shape index (κ3) is 2.90. The number of ether oxygens (including phenoxy) is 1. The molecule has 0 unspecified atom stereocenters. The molecule has 0 fully saturated rings. The van der Waals surface area contributed by atoms with Crippen LogP contribution in [0, 0.1) is 20.8 Å². The first-order valence-corrected chi connectivity index (χ1v) is 6.77. The van der Waals surface area contributed by atoms with Crippen LogP contribution in [0.5, 0.6) is 11.6 Å². The number of hydrogen-bond donors (Lipinski definition) is 1. The number of nitrogens with two attached hydrogens (primary N) is 1. The molecule has 2 rings (SSSR count). The van der Waals surface area contributed by atoms with Gasteiger partial charge in [-0.2, -0.15) is 4.98 Å². The van der Waals surface area contributed by atoms with E-state index in [0.717, 1.165) is 16.9 Å². The van der Waals surface area contributed by atoms with Crippen molar-refractivity contribution in [1.29, 1.82) is 0 Å². The summed E-state index contributed by atoms with van der Waals surface area (Å²) >= 11 is 0. The van der Waals surface area contributed by atoms with E-state index in [2.05, 4.69) is 42.0 Å². The summed E-state index contributed by atoms with van der Waals surface area (Å²) in [5, 5.41) is 0. The van der Waals surface area contributed by atoms with Crippen molar-refractivity contribution < 1.29 is 4.74 Å². The Labute approximate surface area is 120 Å². The molecule has 0 aliphatic carbocycles. The molecule has 20 heavy (non-hydrogen) atoms. The topological polar surface area (TPSA) is 61.0 Å². The third-order valence-electron chi connectivity index (χ3n) is 3.34. The molecule has 4 heteroatoms. The second-order valence-electron chi connectivity index (χ2n) is 5.37. The Kier molecular flexibility index (Phi) is 3.93. The molecule has 1 heterocycles. The van der Waals surface area contributed by atoms with Gasteiger partial charge in [0.25, 0.3) is 0 Å². The maximum atomic E-state index is 5.96. The van der Waals surface area contributed by atoms with Gasteiger partial charge >= 0.3 is 0 Å². The molecule has 0 saturated heterocycles. The second-order valence-corrected chi connectivity index (χ2v) is 5.37. The second kappa shape index (κ2) is 5.49. The number of aryl methyl sites for hydroxylation is 2. The standard InChI is InChI=1S/C16H21N3O/c1-9(2)13-7-6-10(3)14(8-13)20-16-11(4)15(17)18-12(5)19-16/h6-9H,1-5H3,(H2,17,18,19). The van der Waals surface area contributed by atoms with Gasteiger partial charge in [-0.15, -0.1) is 0 Å². The lowest BCUT2D eigenvalue weighted by Crippen LogP contribution is -2.03. The number of anilines is 1. The summed E-state index contributed by atoms with van der Waals surface area (Å²) in [5.41, 5.74) is 8.94. The van der Waals surface area contributed by atoms with Crippen LogP contribution in [0.4, 0.5) is 5.82 Å². The number of nitrogens with zero attached hydrogens (tertiary/aromatic N) is 2. The van der Waals surface area contributed by atoms with E-state index in [1.54, 1.807) is 6.92 Å². The van der Waals surface area contributed by atoms with E-state index in [1.807, 2.05) is 13.8 Å². The number of benzene rings is 1. The predicted octanol–water partition coefficient (Wildman–Crippen LogP) is 3.90. The van der Waals surface area contributed by atoms with Crippen molar-refractivity contribution >= 4 is 5.82 Å². The van der Waals surface area contributed by atoms with E-state index < -0.39 is 0 Å². The molecule has 1 aromatic heterocycles. The van der Waals surface area contributed by atoms with E-state index in [4.69, 9.17) is 10.5 Å². The van der Waals surface area contributed by atoms with Crippen molar-refractivity contribution in [3.63, 3.8) is 0 Å². The maximum Gasteiger partial charge on any atom is 0.227 e. The largest absolute Gasteiger partial charge is 0.438 e. The fraction of sp³-hybridized carbons (Fsp3) is 0.375. The Hall–Kier alpha value is -2.10. The van der Waals surface area contributed by atoms with Gasteiger partial charge in [0.1, 0.15) is 17.4 Å². The first kappa shape index (κ1) is 14.3. The van der Waals surface area contributed by atoms with Crippen molar-refractivity contribution in [2.75, 3.05) is 5.73 Å². The van der Waals surface area contributed by atoms with Gasteiger partial charge in [0, 0.05) is 0 Å². The van der Waals surface area contributed by atoms with E-state index in [0.29, 0.717) is 23.4 Å². The predicted molar refractivity (Wildman–Crippen MR) is 81.3 cm³/mol. The highest BCUT2D eigenvalue weighted by Gasteiger charge is 2.11. The molecule has 0 saturated carbocycles. The van der Waals surface area contributed by atoms with Crippen LogP contribution in [-0.2, 0) is 0 Å². The molecule has 1 aromatic carbocycles. The lowest BCUT2D eigenvalue weighted by Gasteiger charge is -2.14. The molecule has 2 N–H and O–H groups in total. The van der Waals surface area contributed by atoms with Crippen molar-refractivity contribution in [1.82, 2.24) is 9.97 Å². The number of hydrogen-bond acceptors (Lipinski definition) is 4. The summed E-state index contributed by atoms with van der Waals surface area (Å²) in [6, 6.07) is 6.25. The van der Waals surface area contributed by atoms with E-state index in [1.165, 1.54) is 5.56 Å². The monoisotopic (exact) mass is 271 g/mol. The molecule has 0 atom stereocenters. The average molecular weight is 271 g/mol. The third-order valence-corrected chi connectivity index (χ3v) is 3.34. The molecule has 2 aromatic rings. The fourth-order valence-corrected chi connectivity index (χ4v) is 1.91. The van der Waals surface area contributed by atoms with Crippen LogP contribution in [0.3, 0.4) is 0 Å². The number of nitrogen functional groups attached to an aromatic ring is 1. The average Bonchev–Trinajstić information content (AvgIpc) is 2.37. The highest BCUT2D eigenvalue weighted by atomic mass is 16.5. The maximum absolute atomic E-state index is 5.96. The highest BCUT2D eigenvalue weighted by Crippen LogP contribution is 2.30. The Bertz CT molecular complexity index is 636. The minimum absolute atomic E-state index is 0.455.